The second-order valence-corrected chi connectivity index (χ2v) is 5.65. The fraction of sp³-hybridized carbons (Fsp3) is 0.211. The summed E-state index contributed by atoms with van der Waals surface area (Å²) in [5, 5.41) is 10.2. The summed E-state index contributed by atoms with van der Waals surface area (Å²) in [5.74, 6) is -1.08. The molecule has 1 unspecified atom stereocenters. The zero-order valence-electron chi connectivity index (χ0n) is 13.2. The number of nitriles is 1. The SMILES string of the molecule is CCOC(=O)C(C#N)(CC(=O)c1cccc(Cl)c1)c1ccccc1. The molecule has 2 rings (SSSR count). The molecular formula is C19H16ClNO3. The second-order valence-electron chi connectivity index (χ2n) is 5.21. The van der Waals surface area contributed by atoms with Crippen molar-refractivity contribution >= 4 is 23.4 Å². The fourth-order valence-corrected chi connectivity index (χ4v) is 2.61. The lowest BCUT2D eigenvalue weighted by Crippen LogP contribution is -2.38. The van der Waals surface area contributed by atoms with Crippen molar-refractivity contribution in [1.29, 1.82) is 5.26 Å². The van der Waals surface area contributed by atoms with E-state index in [4.69, 9.17) is 16.3 Å². The first kappa shape index (κ1) is 17.7. The zero-order chi connectivity index (χ0) is 17.6. The molecule has 0 bridgehead atoms. The van der Waals surface area contributed by atoms with Crippen LogP contribution in [-0.2, 0) is 14.9 Å². The van der Waals surface area contributed by atoms with Crippen molar-refractivity contribution in [2.45, 2.75) is 18.8 Å². The molecule has 24 heavy (non-hydrogen) atoms. The van der Waals surface area contributed by atoms with Crippen molar-refractivity contribution in [1.82, 2.24) is 0 Å². The minimum Gasteiger partial charge on any atom is -0.465 e. The van der Waals surface area contributed by atoms with Gasteiger partial charge in [0.05, 0.1) is 12.7 Å². The molecular weight excluding hydrogens is 326 g/mol. The summed E-state index contributed by atoms with van der Waals surface area (Å²) < 4.78 is 5.07. The van der Waals surface area contributed by atoms with Gasteiger partial charge < -0.3 is 4.74 Å². The first-order chi connectivity index (χ1) is 11.5. The number of rotatable bonds is 6. The van der Waals surface area contributed by atoms with Gasteiger partial charge in [-0.25, -0.2) is 4.79 Å². The number of benzene rings is 2. The number of halogens is 1. The topological polar surface area (TPSA) is 67.2 Å². The Hall–Kier alpha value is -2.64. The summed E-state index contributed by atoms with van der Waals surface area (Å²) in [4.78, 5) is 25.1. The zero-order valence-corrected chi connectivity index (χ0v) is 13.9. The molecule has 0 aromatic heterocycles. The van der Waals surface area contributed by atoms with Gasteiger partial charge in [-0.1, -0.05) is 54.1 Å². The fourth-order valence-electron chi connectivity index (χ4n) is 2.42. The van der Waals surface area contributed by atoms with Gasteiger partial charge in [0.15, 0.2) is 11.2 Å². The number of carbonyl (C=O) groups excluding carboxylic acids is 2. The third kappa shape index (κ3) is 3.64. The van der Waals surface area contributed by atoms with Gasteiger partial charge in [0.25, 0.3) is 0 Å². The van der Waals surface area contributed by atoms with E-state index < -0.39 is 11.4 Å². The van der Waals surface area contributed by atoms with Crippen molar-refractivity contribution in [2.75, 3.05) is 6.61 Å². The molecule has 0 heterocycles. The van der Waals surface area contributed by atoms with Crippen molar-refractivity contribution in [3.8, 4) is 6.07 Å². The van der Waals surface area contributed by atoms with Gasteiger partial charge >= 0.3 is 5.97 Å². The van der Waals surface area contributed by atoms with Gasteiger partial charge in [-0.05, 0) is 24.6 Å². The number of hydrogen-bond acceptors (Lipinski definition) is 4. The Morgan fingerprint density at radius 2 is 1.88 bits per heavy atom. The van der Waals surface area contributed by atoms with E-state index in [1.54, 1.807) is 55.5 Å². The summed E-state index contributed by atoms with van der Waals surface area (Å²) in [7, 11) is 0. The molecule has 5 heteroatoms. The molecule has 0 N–H and O–H groups in total. The first-order valence-corrected chi connectivity index (χ1v) is 7.84. The van der Waals surface area contributed by atoms with Crippen LogP contribution in [0.2, 0.25) is 5.02 Å². The number of ether oxygens (including phenoxy) is 1. The number of esters is 1. The van der Waals surface area contributed by atoms with Crippen molar-refractivity contribution in [2.24, 2.45) is 0 Å². The van der Waals surface area contributed by atoms with E-state index in [0.717, 1.165) is 0 Å². The quantitative estimate of drug-likeness (QED) is 0.589. The third-order valence-electron chi connectivity index (χ3n) is 3.65. The van der Waals surface area contributed by atoms with Gasteiger partial charge in [-0.3, -0.25) is 4.79 Å². The molecule has 0 aliphatic rings. The maximum atomic E-state index is 12.6. The lowest BCUT2D eigenvalue weighted by molar-refractivity contribution is -0.147. The predicted octanol–water partition coefficient (Wildman–Crippen LogP) is 3.94. The molecule has 0 spiro atoms. The molecule has 2 aromatic carbocycles. The number of hydrogen-bond donors (Lipinski definition) is 0. The summed E-state index contributed by atoms with van der Waals surface area (Å²) in [6, 6.07) is 16.9. The molecule has 4 nitrogen and oxygen atoms in total. The smallest absolute Gasteiger partial charge is 0.331 e. The highest BCUT2D eigenvalue weighted by molar-refractivity contribution is 6.31. The Kier molecular flexibility index (Phi) is 5.73. The largest absolute Gasteiger partial charge is 0.465 e. The van der Waals surface area contributed by atoms with Crippen LogP contribution < -0.4 is 0 Å². The van der Waals surface area contributed by atoms with Gasteiger partial charge in [0.1, 0.15) is 0 Å². The van der Waals surface area contributed by atoms with Crippen molar-refractivity contribution in [3.05, 3.63) is 70.7 Å². The van der Waals surface area contributed by atoms with Crippen LogP contribution in [0.1, 0.15) is 29.3 Å². The molecule has 0 aliphatic carbocycles. The van der Waals surface area contributed by atoms with Crippen LogP contribution in [0.4, 0.5) is 0 Å². The Bertz CT molecular complexity index is 783. The van der Waals surface area contributed by atoms with E-state index in [-0.39, 0.29) is 18.8 Å². The van der Waals surface area contributed by atoms with E-state index >= 15 is 0 Å². The molecule has 0 fully saturated rings. The van der Waals surface area contributed by atoms with Crippen LogP contribution in [0.15, 0.2) is 54.6 Å². The van der Waals surface area contributed by atoms with Crippen molar-refractivity contribution in [3.63, 3.8) is 0 Å². The molecule has 1 atom stereocenters. The highest BCUT2D eigenvalue weighted by Crippen LogP contribution is 2.31. The van der Waals surface area contributed by atoms with E-state index in [0.29, 0.717) is 16.1 Å². The third-order valence-corrected chi connectivity index (χ3v) is 3.89. The van der Waals surface area contributed by atoms with Crippen molar-refractivity contribution < 1.29 is 14.3 Å². The van der Waals surface area contributed by atoms with E-state index in [1.165, 1.54) is 6.07 Å². The molecule has 122 valence electrons. The van der Waals surface area contributed by atoms with E-state index in [1.807, 2.05) is 6.07 Å². The number of nitrogens with zero attached hydrogens (tertiary/aromatic N) is 1. The number of ketones is 1. The van der Waals surface area contributed by atoms with Gasteiger partial charge in [-0.2, -0.15) is 5.26 Å². The van der Waals surface area contributed by atoms with Gasteiger partial charge in [0.2, 0.25) is 0 Å². The van der Waals surface area contributed by atoms with Crippen LogP contribution in [0, 0.1) is 11.3 Å². The molecule has 2 aromatic rings. The monoisotopic (exact) mass is 341 g/mol. The van der Waals surface area contributed by atoms with Crippen LogP contribution in [0.5, 0.6) is 0 Å². The van der Waals surface area contributed by atoms with Crippen LogP contribution >= 0.6 is 11.6 Å². The summed E-state index contributed by atoms with van der Waals surface area (Å²) in [6.07, 6.45) is -0.313. The summed E-state index contributed by atoms with van der Waals surface area (Å²) >= 11 is 5.91. The first-order valence-electron chi connectivity index (χ1n) is 7.46. The second kappa shape index (κ2) is 7.76. The number of carbonyl (C=O) groups is 2. The molecule has 0 amide bonds. The molecule has 0 aliphatic heterocycles. The average molecular weight is 342 g/mol. The standard InChI is InChI=1S/C19H16ClNO3/c1-2-24-18(23)19(13-21,15-8-4-3-5-9-15)12-17(22)14-7-6-10-16(20)11-14/h3-11H,2,12H2,1H3. The van der Waals surface area contributed by atoms with E-state index in [9.17, 15) is 14.9 Å². The molecule has 0 saturated carbocycles. The van der Waals surface area contributed by atoms with Crippen LogP contribution in [0.25, 0.3) is 0 Å². The predicted molar refractivity (Wildman–Crippen MR) is 90.8 cm³/mol. The Labute approximate surface area is 145 Å². The minimum atomic E-state index is -1.68. The highest BCUT2D eigenvalue weighted by atomic mass is 35.5. The maximum absolute atomic E-state index is 12.6. The average Bonchev–Trinajstić information content (AvgIpc) is 2.60. The molecule has 0 radical (unpaired) electrons. The number of Topliss-reactive ketones (excluding diaryl/α,β-unsaturated/α-hetero) is 1. The highest BCUT2D eigenvalue weighted by Gasteiger charge is 2.44. The van der Waals surface area contributed by atoms with Gasteiger partial charge in [0, 0.05) is 17.0 Å². The molecule has 0 saturated heterocycles. The Morgan fingerprint density at radius 3 is 2.46 bits per heavy atom. The van der Waals surface area contributed by atoms with Gasteiger partial charge in [-0.15, -0.1) is 0 Å². The Morgan fingerprint density at radius 1 is 1.17 bits per heavy atom. The normalized spacial score (nSPS) is 12.7. The van der Waals surface area contributed by atoms with Crippen LogP contribution in [-0.4, -0.2) is 18.4 Å². The summed E-state index contributed by atoms with van der Waals surface area (Å²) in [5.41, 5.74) is -0.903. The maximum Gasteiger partial charge on any atom is 0.331 e. The lowest BCUT2D eigenvalue weighted by Gasteiger charge is -2.24. The van der Waals surface area contributed by atoms with E-state index in [2.05, 4.69) is 0 Å². The van der Waals surface area contributed by atoms with Crippen LogP contribution in [0.3, 0.4) is 0 Å². The minimum absolute atomic E-state index is 0.125. The summed E-state index contributed by atoms with van der Waals surface area (Å²) in [6.45, 7) is 1.78. The Balaban J connectivity index is 2.45. The lowest BCUT2D eigenvalue weighted by atomic mass is 9.76.